The highest BCUT2D eigenvalue weighted by molar-refractivity contribution is 6.37. The van der Waals surface area contributed by atoms with Crippen molar-refractivity contribution in [1.82, 2.24) is 4.90 Å². The van der Waals surface area contributed by atoms with Crippen molar-refractivity contribution in [1.29, 1.82) is 0 Å². The molecule has 6 nitrogen and oxygen atoms in total. The average Bonchev–Trinajstić information content (AvgIpc) is 2.55. The average molecular weight is 304 g/mol. The van der Waals surface area contributed by atoms with Gasteiger partial charge in [-0.05, 0) is 44.4 Å². The van der Waals surface area contributed by atoms with E-state index in [1.807, 2.05) is 4.90 Å². The third-order valence-corrected chi connectivity index (χ3v) is 3.47. The fraction of sp³-hybridized carbons (Fsp3) is 0.438. The first-order chi connectivity index (χ1) is 10.6. The quantitative estimate of drug-likeness (QED) is 0.682. The molecule has 0 aromatic heterocycles. The van der Waals surface area contributed by atoms with E-state index in [9.17, 15) is 14.4 Å². The van der Waals surface area contributed by atoms with E-state index in [0.717, 1.165) is 32.4 Å². The molecule has 118 valence electrons. The summed E-state index contributed by atoms with van der Waals surface area (Å²) < 4.78 is 4.62. The number of likely N-dealkylation sites (tertiary alicyclic amines) is 1. The lowest BCUT2D eigenvalue weighted by atomic mass is 10.1. The summed E-state index contributed by atoms with van der Waals surface area (Å²) in [4.78, 5) is 37.1. The van der Waals surface area contributed by atoms with Crippen molar-refractivity contribution in [3.63, 3.8) is 0 Å². The third-order valence-electron chi connectivity index (χ3n) is 3.47. The van der Waals surface area contributed by atoms with Crippen molar-refractivity contribution in [2.75, 3.05) is 25.0 Å². The van der Waals surface area contributed by atoms with Crippen LogP contribution in [0.2, 0.25) is 0 Å². The lowest BCUT2D eigenvalue weighted by molar-refractivity contribution is -0.152. The molecule has 1 heterocycles. The smallest absolute Gasteiger partial charge is 0.397 e. The first-order valence-electron chi connectivity index (χ1n) is 7.49. The number of hydrogen-bond donors (Lipinski definition) is 1. The number of anilines is 1. The number of ether oxygens (including phenoxy) is 1. The van der Waals surface area contributed by atoms with Gasteiger partial charge < -0.3 is 15.0 Å². The van der Waals surface area contributed by atoms with Crippen LogP contribution in [0.25, 0.3) is 0 Å². The Kier molecular flexibility index (Phi) is 5.52. The minimum atomic E-state index is -0.935. The predicted octanol–water partition coefficient (Wildman–Crippen LogP) is 1.81. The van der Waals surface area contributed by atoms with E-state index in [0.29, 0.717) is 11.3 Å². The zero-order chi connectivity index (χ0) is 15.9. The molecule has 0 unspecified atom stereocenters. The van der Waals surface area contributed by atoms with Crippen molar-refractivity contribution in [3.05, 3.63) is 29.8 Å². The molecule has 1 aromatic carbocycles. The van der Waals surface area contributed by atoms with Crippen LogP contribution in [0.15, 0.2) is 24.3 Å². The molecule has 6 heteroatoms. The number of nitrogens with one attached hydrogen (secondary N) is 1. The molecular formula is C16H20N2O4. The summed E-state index contributed by atoms with van der Waals surface area (Å²) in [5, 5.41) is 2.44. The van der Waals surface area contributed by atoms with Crippen molar-refractivity contribution < 1.29 is 19.1 Å². The van der Waals surface area contributed by atoms with E-state index in [1.54, 1.807) is 31.2 Å². The second-order valence-electron chi connectivity index (χ2n) is 5.11. The van der Waals surface area contributed by atoms with Crippen LogP contribution in [-0.4, -0.2) is 42.4 Å². The van der Waals surface area contributed by atoms with Gasteiger partial charge in [0.15, 0.2) is 0 Å². The molecule has 0 spiro atoms. The molecule has 1 aliphatic heterocycles. The molecule has 0 saturated carbocycles. The Morgan fingerprint density at radius 1 is 1.18 bits per heavy atom. The van der Waals surface area contributed by atoms with Crippen LogP contribution in [0.1, 0.15) is 36.5 Å². The number of hydrogen-bond acceptors (Lipinski definition) is 4. The molecule has 0 bridgehead atoms. The molecule has 0 radical (unpaired) electrons. The van der Waals surface area contributed by atoms with Gasteiger partial charge in [0.05, 0.1) is 6.61 Å². The largest absolute Gasteiger partial charge is 0.459 e. The minimum Gasteiger partial charge on any atom is -0.459 e. The SMILES string of the molecule is CCOC(=O)C(=O)Nc1cccc(C(=O)N2CCCCC2)c1. The Bertz CT molecular complexity index is 565. The van der Waals surface area contributed by atoms with Crippen molar-refractivity contribution in [3.8, 4) is 0 Å². The standard InChI is InChI=1S/C16H20N2O4/c1-2-22-16(21)14(19)17-13-8-6-7-12(11-13)15(20)18-9-4-3-5-10-18/h6-8,11H,2-5,9-10H2,1H3,(H,17,19). The number of carbonyl (C=O) groups is 3. The number of carbonyl (C=O) groups excluding carboxylic acids is 3. The van der Waals surface area contributed by atoms with Crippen molar-refractivity contribution in [2.24, 2.45) is 0 Å². The number of esters is 1. The summed E-state index contributed by atoms with van der Waals surface area (Å²) in [7, 11) is 0. The lowest BCUT2D eigenvalue weighted by Crippen LogP contribution is -2.35. The lowest BCUT2D eigenvalue weighted by Gasteiger charge is -2.26. The summed E-state index contributed by atoms with van der Waals surface area (Å²) in [5.41, 5.74) is 0.907. The topological polar surface area (TPSA) is 75.7 Å². The van der Waals surface area contributed by atoms with E-state index < -0.39 is 11.9 Å². The first kappa shape index (κ1) is 16.0. The highest BCUT2D eigenvalue weighted by Crippen LogP contribution is 2.16. The highest BCUT2D eigenvalue weighted by atomic mass is 16.5. The van der Waals surface area contributed by atoms with E-state index >= 15 is 0 Å². The molecule has 0 aliphatic carbocycles. The van der Waals surface area contributed by atoms with Gasteiger partial charge in [0, 0.05) is 24.3 Å². The number of rotatable bonds is 3. The third kappa shape index (κ3) is 4.07. The molecule has 22 heavy (non-hydrogen) atoms. The van der Waals surface area contributed by atoms with Crippen LogP contribution in [0, 0.1) is 0 Å². The van der Waals surface area contributed by atoms with Crippen molar-refractivity contribution in [2.45, 2.75) is 26.2 Å². The number of nitrogens with zero attached hydrogens (tertiary/aromatic N) is 1. The highest BCUT2D eigenvalue weighted by Gasteiger charge is 2.19. The summed E-state index contributed by atoms with van der Waals surface area (Å²) in [6.07, 6.45) is 3.19. The van der Waals surface area contributed by atoms with E-state index in [2.05, 4.69) is 10.1 Å². The minimum absolute atomic E-state index is 0.0491. The second kappa shape index (κ2) is 7.59. The van der Waals surface area contributed by atoms with Crippen molar-refractivity contribution >= 4 is 23.5 Å². The molecule has 2 amide bonds. The van der Waals surface area contributed by atoms with Gasteiger partial charge in [-0.3, -0.25) is 9.59 Å². The maximum atomic E-state index is 12.4. The van der Waals surface area contributed by atoms with Crippen LogP contribution in [0.4, 0.5) is 5.69 Å². The van der Waals surface area contributed by atoms with Gasteiger partial charge in [-0.2, -0.15) is 0 Å². The Labute approximate surface area is 129 Å². The Balaban J connectivity index is 2.04. The monoisotopic (exact) mass is 304 g/mol. The van der Waals surface area contributed by atoms with E-state index in [1.165, 1.54) is 0 Å². The maximum Gasteiger partial charge on any atom is 0.397 e. The molecule has 1 aromatic rings. The van der Waals surface area contributed by atoms with E-state index in [4.69, 9.17) is 0 Å². The molecule has 1 fully saturated rings. The fourth-order valence-corrected chi connectivity index (χ4v) is 2.39. The molecule has 1 N–H and O–H groups in total. The maximum absolute atomic E-state index is 12.4. The first-order valence-corrected chi connectivity index (χ1v) is 7.49. The summed E-state index contributed by atoms with van der Waals surface area (Å²) in [6.45, 7) is 3.29. The summed E-state index contributed by atoms with van der Waals surface area (Å²) in [5.74, 6) is -1.83. The van der Waals surface area contributed by atoms with Crippen LogP contribution < -0.4 is 5.32 Å². The van der Waals surface area contributed by atoms with Crippen LogP contribution in [0.3, 0.4) is 0 Å². The molecular weight excluding hydrogens is 284 g/mol. The van der Waals surface area contributed by atoms with Gasteiger partial charge >= 0.3 is 11.9 Å². The van der Waals surface area contributed by atoms with Gasteiger partial charge in [0.2, 0.25) is 0 Å². The van der Waals surface area contributed by atoms with Crippen LogP contribution >= 0.6 is 0 Å². The van der Waals surface area contributed by atoms with E-state index in [-0.39, 0.29) is 12.5 Å². The van der Waals surface area contributed by atoms with Gasteiger partial charge in [0.1, 0.15) is 0 Å². The van der Waals surface area contributed by atoms with Crippen LogP contribution in [-0.2, 0) is 14.3 Å². The molecule has 0 atom stereocenters. The normalized spacial score (nSPS) is 14.3. The zero-order valence-corrected chi connectivity index (χ0v) is 12.6. The van der Waals surface area contributed by atoms with Gasteiger partial charge in [0.25, 0.3) is 5.91 Å². The Morgan fingerprint density at radius 3 is 2.59 bits per heavy atom. The fourth-order valence-electron chi connectivity index (χ4n) is 2.39. The number of benzene rings is 1. The van der Waals surface area contributed by atoms with Gasteiger partial charge in [-0.25, -0.2) is 4.79 Å². The van der Waals surface area contributed by atoms with Gasteiger partial charge in [-0.15, -0.1) is 0 Å². The summed E-state index contributed by atoms with van der Waals surface area (Å²) >= 11 is 0. The van der Waals surface area contributed by atoms with Crippen LogP contribution in [0.5, 0.6) is 0 Å². The summed E-state index contributed by atoms with van der Waals surface area (Å²) in [6, 6.07) is 6.59. The Morgan fingerprint density at radius 2 is 1.91 bits per heavy atom. The zero-order valence-electron chi connectivity index (χ0n) is 12.6. The molecule has 1 aliphatic rings. The Hall–Kier alpha value is -2.37. The number of piperidine rings is 1. The predicted molar refractivity (Wildman–Crippen MR) is 81.5 cm³/mol. The number of amides is 2. The molecule has 2 rings (SSSR count). The molecule has 1 saturated heterocycles. The van der Waals surface area contributed by atoms with Gasteiger partial charge in [-0.1, -0.05) is 6.07 Å². The second-order valence-corrected chi connectivity index (χ2v) is 5.11.